The second kappa shape index (κ2) is 5.16. The summed E-state index contributed by atoms with van der Waals surface area (Å²) in [6.07, 6.45) is 4.60. The molecule has 1 aromatic rings. The molecule has 0 saturated carbocycles. The smallest absolute Gasteiger partial charge is 0.360 e. The Morgan fingerprint density at radius 3 is 2.86 bits per heavy atom. The average Bonchev–Trinajstić information content (AvgIpc) is 2.19. The maximum atomic E-state index is 10.7. The Labute approximate surface area is 81.8 Å². The van der Waals surface area contributed by atoms with Gasteiger partial charge in [-0.05, 0) is 6.42 Å². The van der Waals surface area contributed by atoms with Crippen molar-refractivity contribution in [3.63, 3.8) is 0 Å². The molecule has 76 valence electrons. The van der Waals surface area contributed by atoms with Crippen LogP contribution < -0.4 is 4.74 Å². The van der Waals surface area contributed by atoms with E-state index >= 15 is 0 Å². The SMILES string of the molecule is CCCCOc1nccnc1C(=O)O. The molecule has 5 nitrogen and oxygen atoms in total. The summed E-state index contributed by atoms with van der Waals surface area (Å²) in [5, 5.41) is 8.74. The lowest BCUT2D eigenvalue weighted by atomic mass is 10.3. The van der Waals surface area contributed by atoms with Crippen LogP contribution in [-0.4, -0.2) is 27.7 Å². The molecule has 0 saturated heterocycles. The van der Waals surface area contributed by atoms with Crippen LogP contribution in [0.2, 0.25) is 0 Å². The molecule has 1 heterocycles. The molecule has 1 N–H and O–H groups in total. The first-order valence-corrected chi connectivity index (χ1v) is 4.42. The molecule has 14 heavy (non-hydrogen) atoms. The first-order chi connectivity index (χ1) is 6.75. The number of nitrogens with zero attached hydrogens (tertiary/aromatic N) is 2. The molecule has 5 heteroatoms. The highest BCUT2D eigenvalue weighted by Gasteiger charge is 2.13. The molecule has 1 rings (SSSR count). The lowest BCUT2D eigenvalue weighted by Gasteiger charge is -2.05. The highest BCUT2D eigenvalue weighted by molar-refractivity contribution is 5.87. The average molecular weight is 196 g/mol. The van der Waals surface area contributed by atoms with E-state index in [1.54, 1.807) is 0 Å². The van der Waals surface area contributed by atoms with E-state index in [1.807, 2.05) is 6.92 Å². The van der Waals surface area contributed by atoms with Crippen molar-refractivity contribution in [1.29, 1.82) is 0 Å². The van der Waals surface area contributed by atoms with E-state index < -0.39 is 5.97 Å². The van der Waals surface area contributed by atoms with Gasteiger partial charge in [-0.1, -0.05) is 13.3 Å². The molecule has 0 bridgehead atoms. The van der Waals surface area contributed by atoms with Crippen molar-refractivity contribution in [3.8, 4) is 5.88 Å². The third-order valence-corrected chi connectivity index (χ3v) is 1.60. The summed E-state index contributed by atoms with van der Waals surface area (Å²) >= 11 is 0. The molecule has 0 amide bonds. The fourth-order valence-corrected chi connectivity index (χ4v) is 0.891. The van der Waals surface area contributed by atoms with E-state index in [4.69, 9.17) is 9.84 Å². The van der Waals surface area contributed by atoms with Gasteiger partial charge in [-0.2, -0.15) is 0 Å². The third kappa shape index (κ3) is 2.69. The van der Waals surface area contributed by atoms with Crippen LogP contribution in [0.3, 0.4) is 0 Å². The Morgan fingerprint density at radius 2 is 2.21 bits per heavy atom. The van der Waals surface area contributed by atoms with Crippen molar-refractivity contribution in [3.05, 3.63) is 18.1 Å². The van der Waals surface area contributed by atoms with Crippen molar-refractivity contribution in [2.45, 2.75) is 19.8 Å². The van der Waals surface area contributed by atoms with Crippen molar-refractivity contribution >= 4 is 5.97 Å². The van der Waals surface area contributed by atoms with Crippen molar-refractivity contribution in [2.24, 2.45) is 0 Å². The monoisotopic (exact) mass is 196 g/mol. The number of aromatic carboxylic acids is 1. The molecular weight excluding hydrogens is 184 g/mol. The van der Waals surface area contributed by atoms with Crippen LogP contribution >= 0.6 is 0 Å². The topological polar surface area (TPSA) is 72.3 Å². The minimum Gasteiger partial charge on any atom is -0.476 e. The van der Waals surface area contributed by atoms with E-state index in [-0.39, 0.29) is 11.6 Å². The molecule has 1 aromatic heterocycles. The minimum atomic E-state index is -1.12. The summed E-state index contributed by atoms with van der Waals surface area (Å²) in [5.74, 6) is -1.03. The number of rotatable bonds is 5. The van der Waals surface area contributed by atoms with Gasteiger partial charge in [-0.3, -0.25) is 0 Å². The van der Waals surface area contributed by atoms with Gasteiger partial charge in [-0.25, -0.2) is 14.8 Å². The number of hydrogen-bond donors (Lipinski definition) is 1. The molecular formula is C9H12N2O3. The largest absolute Gasteiger partial charge is 0.476 e. The first kappa shape index (κ1) is 10.4. The van der Waals surface area contributed by atoms with Crippen LogP contribution in [0, 0.1) is 0 Å². The van der Waals surface area contributed by atoms with Crippen LogP contribution in [-0.2, 0) is 0 Å². The van der Waals surface area contributed by atoms with Crippen LogP contribution in [0.15, 0.2) is 12.4 Å². The Bertz CT molecular complexity index is 315. The maximum Gasteiger partial charge on any atom is 0.360 e. The van der Waals surface area contributed by atoms with E-state index in [0.29, 0.717) is 6.61 Å². The summed E-state index contributed by atoms with van der Waals surface area (Å²) in [7, 11) is 0. The number of carboxylic acids is 1. The molecule has 0 aliphatic heterocycles. The molecule has 0 atom stereocenters. The van der Waals surface area contributed by atoms with Crippen LogP contribution in [0.5, 0.6) is 5.88 Å². The standard InChI is InChI=1S/C9H12N2O3/c1-2-3-6-14-8-7(9(12)13)10-4-5-11-8/h4-5H,2-3,6H2,1H3,(H,12,13). The minimum absolute atomic E-state index is 0.0912. The zero-order valence-corrected chi connectivity index (χ0v) is 7.93. The molecule has 0 aromatic carbocycles. The van der Waals surface area contributed by atoms with Gasteiger partial charge in [0.1, 0.15) is 0 Å². The van der Waals surface area contributed by atoms with Gasteiger partial charge >= 0.3 is 5.97 Å². The molecule has 0 spiro atoms. The van der Waals surface area contributed by atoms with Crippen LogP contribution in [0.4, 0.5) is 0 Å². The number of carbonyl (C=O) groups is 1. The normalized spacial score (nSPS) is 9.79. The van der Waals surface area contributed by atoms with Gasteiger partial charge < -0.3 is 9.84 Å². The predicted molar refractivity (Wildman–Crippen MR) is 49.4 cm³/mol. The van der Waals surface area contributed by atoms with Crippen molar-refractivity contribution < 1.29 is 14.6 Å². The number of aromatic nitrogens is 2. The van der Waals surface area contributed by atoms with Gasteiger partial charge in [0.15, 0.2) is 0 Å². The molecule has 0 fully saturated rings. The highest BCUT2D eigenvalue weighted by atomic mass is 16.5. The first-order valence-electron chi connectivity index (χ1n) is 4.42. The quantitative estimate of drug-likeness (QED) is 0.719. The summed E-state index contributed by atoms with van der Waals surface area (Å²) < 4.78 is 5.18. The van der Waals surface area contributed by atoms with E-state index in [1.165, 1.54) is 12.4 Å². The Hall–Kier alpha value is -1.65. The summed E-state index contributed by atoms with van der Waals surface area (Å²) in [6.45, 7) is 2.49. The maximum absolute atomic E-state index is 10.7. The van der Waals surface area contributed by atoms with Crippen LogP contribution in [0.1, 0.15) is 30.3 Å². The highest BCUT2D eigenvalue weighted by Crippen LogP contribution is 2.11. The predicted octanol–water partition coefficient (Wildman–Crippen LogP) is 1.35. The second-order valence-corrected chi connectivity index (χ2v) is 2.72. The molecule has 0 radical (unpaired) electrons. The summed E-state index contributed by atoms with van der Waals surface area (Å²) in [5.41, 5.74) is -0.136. The van der Waals surface area contributed by atoms with E-state index in [2.05, 4.69) is 9.97 Å². The fourth-order valence-electron chi connectivity index (χ4n) is 0.891. The third-order valence-electron chi connectivity index (χ3n) is 1.60. The number of unbranched alkanes of at least 4 members (excludes halogenated alkanes) is 1. The van der Waals surface area contributed by atoms with Gasteiger partial charge in [-0.15, -0.1) is 0 Å². The number of carboxylic acid groups (broad SMARTS) is 1. The van der Waals surface area contributed by atoms with E-state index in [0.717, 1.165) is 12.8 Å². The number of ether oxygens (including phenoxy) is 1. The zero-order chi connectivity index (χ0) is 10.4. The van der Waals surface area contributed by atoms with Gasteiger partial charge in [0.2, 0.25) is 11.6 Å². The summed E-state index contributed by atoms with van der Waals surface area (Å²) in [6, 6.07) is 0. The van der Waals surface area contributed by atoms with E-state index in [9.17, 15) is 4.79 Å². The molecule has 0 aliphatic carbocycles. The summed E-state index contributed by atoms with van der Waals surface area (Å²) in [4.78, 5) is 18.1. The zero-order valence-electron chi connectivity index (χ0n) is 7.93. The molecule has 0 aliphatic rings. The van der Waals surface area contributed by atoms with Crippen molar-refractivity contribution in [1.82, 2.24) is 9.97 Å². The van der Waals surface area contributed by atoms with Crippen LogP contribution in [0.25, 0.3) is 0 Å². The van der Waals surface area contributed by atoms with Gasteiger partial charge in [0.05, 0.1) is 6.61 Å². The Morgan fingerprint density at radius 1 is 1.50 bits per heavy atom. The Balaban J connectivity index is 2.69. The second-order valence-electron chi connectivity index (χ2n) is 2.72. The molecule has 0 unspecified atom stereocenters. The number of hydrogen-bond acceptors (Lipinski definition) is 4. The van der Waals surface area contributed by atoms with Gasteiger partial charge in [0.25, 0.3) is 0 Å². The fraction of sp³-hybridized carbons (Fsp3) is 0.444. The lowest BCUT2D eigenvalue weighted by molar-refractivity contribution is 0.0684. The van der Waals surface area contributed by atoms with Gasteiger partial charge in [0, 0.05) is 12.4 Å². The van der Waals surface area contributed by atoms with Crippen molar-refractivity contribution in [2.75, 3.05) is 6.61 Å². The lowest BCUT2D eigenvalue weighted by Crippen LogP contribution is -2.08. The Kier molecular flexibility index (Phi) is 3.84.